The van der Waals surface area contributed by atoms with Gasteiger partial charge < -0.3 is 5.32 Å². The van der Waals surface area contributed by atoms with Crippen molar-refractivity contribution in [1.29, 1.82) is 0 Å². The molecular weight excluding hydrogens is 373 g/mol. The Kier molecular flexibility index (Phi) is 3.60. The molecule has 148 valence electrons. The number of nitrogens with zero attached hydrogens (tertiary/aromatic N) is 5. The smallest absolute Gasteiger partial charge is 0.346 e. The van der Waals surface area contributed by atoms with Crippen LogP contribution in [0.15, 0.2) is 24.7 Å². The molecule has 28 heavy (non-hydrogen) atoms. The van der Waals surface area contributed by atoms with Gasteiger partial charge in [-0.3, -0.25) is 9.78 Å². The first-order valence-electron chi connectivity index (χ1n) is 9.36. The van der Waals surface area contributed by atoms with E-state index in [4.69, 9.17) is 0 Å². The highest BCUT2D eigenvalue weighted by Crippen LogP contribution is 2.60. The lowest BCUT2D eigenvalue weighted by Crippen LogP contribution is -2.66. The van der Waals surface area contributed by atoms with E-state index in [9.17, 15) is 18.0 Å². The number of hydrogen-bond donors (Lipinski definition) is 1. The van der Waals surface area contributed by atoms with Gasteiger partial charge in [-0.25, -0.2) is 0 Å². The second kappa shape index (κ2) is 5.74. The standard InChI is InChI=1S/C18H19F3N6O/c19-18(20,21)14-2-1-13(8-22-14)15(28)25-16-4-11-3-12(5-16)7-17(6-11,9-16)27-24-10-23-26-27/h1-2,8,10-12H,3-7,9H2,(H,25,28). The van der Waals surface area contributed by atoms with Crippen LogP contribution in [-0.4, -0.2) is 36.6 Å². The van der Waals surface area contributed by atoms with E-state index < -0.39 is 17.4 Å². The molecule has 2 unspecified atom stereocenters. The zero-order chi connectivity index (χ0) is 19.6. The third-order valence-electron chi connectivity index (χ3n) is 6.50. The van der Waals surface area contributed by atoms with Crippen molar-refractivity contribution >= 4 is 5.91 Å². The van der Waals surface area contributed by atoms with Crippen molar-refractivity contribution in [2.24, 2.45) is 11.8 Å². The minimum atomic E-state index is -4.52. The Balaban J connectivity index is 1.40. The largest absolute Gasteiger partial charge is 0.433 e. The van der Waals surface area contributed by atoms with E-state index >= 15 is 0 Å². The highest BCUT2D eigenvalue weighted by molar-refractivity contribution is 5.94. The number of aromatic nitrogens is 5. The molecule has 1 N–H and O–H groups in total. The van der Waals surface area contributed by atoms with E-state index in [1.54, 1.807) is 4.80 Å². The summed E-state index contributed by atoms with van der Waals surface area (Å²) in [6.07, 6.45) is 3.44. The normalized spacial score (nSPS) is 33.8. The summed E-state index contributed by atoms with van der Waals surface area (Å²) in [6, 6.07) is 2.02. The lowest BCUT2D eigenvalue weighted by molar-refractivity contribution is -0.141. The molecule has 4 aliphatic rings. The quantitative estimate of drug-likeness (QED) is 0.868. The Morgan fingerprint density at radius 2 is 1.93 bits per heavy atom. The van der Waals surface area contributed by atoms with Crippen molar-refractivity contribution in [3.63, 3.8) is 0 Å². The predicted molar refractivity (Wildman–Crippen MR) is 89.9 cm³/mol. The molecule has 4 fully saturated rings. The number of carbonyl (C=O) groups excluding carboxylic acids is 1. The average molecular weight is 392 g/mol. The van der Waals surface area contributed by atoms with Crippen LogP contribution in [0.1, 0.15) is 54.6 Å². The van der Waals surface area contributed by atoms with Crippen LogP contribution in [0.3, 0.4) is 0 Å². The highest BCUT2D eigenvalue weighted by atomic mass is 19.4. The van der Waals surface area contributed by atoms with Gasteiger partial charge in [-0.15, -0.1) is 10.2 Å². The van der Waals surface area contributed by atoms with Gasteiger partial charge in [0.1, 0.15) is 5.69 Å². The van der Waals surface area contributed by atoms with E-state index in [0.29, 0.717) is 18.3 Å². The van der Waals surface area contributed by atoms with Gasteiger partial charge in [0.05, 0.1) is 11.1 Å². The molecule has 7 nitrogen and oxygen atoms in total. The van der Waals surface area contributed by atoms with Crippen LogP contribution in [0.4, 0.5) is 13.2 Å². The van der Waals surface area contributed by atoms with E-state index in [0.717, 1.165) is 44.4 Å². The van der Waals surface area contributed by atoms with Crippen molar-refractivity contribution in [1.82, 2.24) is 30.5 Å². The first-order chi connectivity index (χ1) is 13.3. The molecule has 6 rings (SSSR count). The van der Waals surface area contributed by atoms with E-state index in [2.05, 4.69) is 25.7 Å². The molecule has 2 aromatic heterocycles. The van der Waals surface area contributed by atoms with Crippen molar-refractivity contribution < 1.29 is 18.0 Å². The minimum absolute atomic E-state index is 0.136. The van der Waals surface area contributed by atoms with Crippen molar-refractivity contribution in [3.05, 3.63) is 35.9 Å². The lowest BCUT2D eigenvalue weighted by atomic mass is 9.50. The van der Waals surface area contributed by atoms with E-state index in [-0.39, 0.29) is 17.0 Å². The molecule has 0 spiro atoms. The van der Waals surface area contributed by atoms with Gasteiger partial charge in [0.25, 0.3) is 5.91 Å². The summed E-state index contributed by atoms with van der Waals surface area (Å²) in [6.45, 7) is 0. The summed E-state index contributed by atoms with van der Waals surface area (Å²) in [5, 5.41) is 15.4. The van der Waals surface area contributed by atoms with Crippen molar-refractivity contribution in [3.8, 4) is 0 Å². The number of hydrogen-bond acceptors (Lipinski definition) is 5. The second-order valence-corrected chi connectivity index (χ2v) is 8.57. The Morgan fingerprint density at radius 1 is 1.18 bits per heavy atom. The third kappa shape index (κ3) is 2.77. The predicted octanol–water partition coefficient (Wildman–Crippen LogP) is 2.56. The van der Waals surface area contributed by atoms with Crippen LogP contribution >= 0.6 is 0 Å². The van der Waals surface area contributed by atoms with Crippen LogP contribution in [0.5, 0.6) is 0 Å². The fourth-order valence-electron chi connectivity index (χ4n) is 5.99. The van der Waals surface area contributed by atoms with Crippen LogP contribution in [0.2, 0.25) is 0 Å². The van der Waals surface area contributed by atoms with Crippen molar-refractivity contribution in [2.75, 3.05) is 0 Å². The SMILES string of the molecule is O=C(NC12CC3CC(C1)CC(n1ncnn1)(C3)C2)c1ccc(C(F)(F)F)nc1. The Labute approximate surface area is 158 Å². The van der Waals surface area contributed by atoms with Gasteiger partial charge in [-0.05, 0) is 67.7 Å². The molecule has 4 aliphatic carbocycles. The maximum atomic E-state index is 12.8. The molecule has 10 heteroatoms. The summed E-state index contributed by atoms with van der Waals surface area (Å²) < 4.78 is 38.1. The van der Waals surface area contributed by atoms with E-state index in [1.165, 1.54) is 12.4 Å². The average Bonchev–Trinajstić information content (AvgIpc) is 3.15. The summed E-state index contributed by atoms with van der Waals surface area (Å²) >= 11 is 0. The Hall–Kier alpha value is -2.52. The van der Waals surface area contributed by atoms with Crippen LogP contribution in [-0.2, 0) is 11.7 Å². The molecule has 4 bridgehead atoms. The molecule has 0 aliphatic heterocycles. The topological polar surface area (TPSA) is 85.6 Å². The van der Waals surface area contributed by atoms with Crippen LogP contribution in [0, 0.1) is 11.8 Å². The first kappa shape index (κ1) is 17.6. The number of halogens is 3. The maximum Gasteiger partial charge on any atom is 0.433 e. The molecule has 4 saturated carbocycles. The summed E-state index contributed by atoms with van der Waals surface area (Å²) in [5.41, 5.74) is -1.50. The van der Waals surface area contributed by atoms with Gasteiger partial charge in [-0.1, -0.05) is 0 Å². The van der Waals surface area contributed by atoms with Gasteiger partial charge >= 0.3 is 6.18 Å². The first-order valence-corrected chi connectivity index (χ1v) is 9.36. The highest BCUT2D eigenvalue weighted by Gasteiger charge is 2.60. The molecule has 0 radical (unpaired) electrons. The minimum Gasteiger partial charge on any atom is -0.346 e. The summed E-state index contributed by atoms with van der Waals surface area (Å²) in [4.78, 5) is 17.9. The van der Waals surface area contributed by atoms with Gasteiger partial charge in [0.2, 0.25) is 0 Å². The maximum absolute atomic E-state index is 12.8. The zero-order valence-corrected chi connectivity index (χ0v) is 15.0. The number of carbonyl (C=O) groups is 1. The molecule has 0 aromatic carbocycles. The number of amides is 1. The van der Waals surface area contributed by atoms with Crippen LogP contribution < -0.4 is 5.32 Å². The fourth-order valence-corrected chi connectivity index (χ4v) is 5.99. The van der Waals surface area contributed by atoms with Crippen molar-refractivity contribution in [2.45, 2.75) is 55.8 Å². The van der Waals surface area contributed by atoms with Crippen LogP contribution in [0.25, 0.3) is 0 Å². The Bertz CT molecular complexity index is 881. The number of tetrazole rings is 1. The summed E-state index contributed by atoms with van der Waals surface area (Å²) in [5.74, 6) is 0.557. The second-order valence-electron chi connectivity index (χ2n) is 8.57. The van der Waals surface area contributed by atoms with E-state index in [1.807, 2.05) is 0 Å². The Morgan fingerprint density at radius 3 is 2.50 bits per heavy atom. The molecule has 2 heterocycles. The fraction of sp³-hybridized carbons (Fsp3) is 0.611. The number of alkyl halides is 3. The number of pyridine rings is 1. The zero-order valence-electron chi connectivity index (χ0n) is 15.0. The summed E-state index contributed by atoms with van der Waals surface area (Å²) in [7, 11) is 0. The molecule has 2 aromatic rings. The van der Waals surface area contributed by atoms with Gasteiger partial charge in [-0.2, -0.15) is 18.0 Å². The third-order valence-corrected chi connectivity index (χ3v) is 6.50. The number of rotatable bonds is 3. The lowest BCUT2D eigenvalue weighted by Gasteiger charge is -2.61. The molecule has 2 atom stereocenters. The molecule has 0 saturated heterocycles. The monoisotopic (exact) mass is 392 g/mol. The van der Waals surface area contributed by atoms with Gasteiger partial charge in [0, 0.05) is 11.7 Å². The molecular formula is C18H19F3N6O. The number of nitrogens with one attached hydrogen (secondary N) is 1. The van der Waals surface area contributed by atoms with Gasteiger partial charge in [0.15, 0.2) is 6.33 Å². The molecule has 1 amide bonds.